The molecule has 0 atom stereocenters. The van der Waals surface area contributed by atoms with E-state index in [0.29, 0.717) is 10.2 Å². The summed E-state index contributed by atoms with van der Waals surface area (Å²) in [4.78, 5) is 3.90. The van der Waals surface area contributed by atoms with Crippen molar-refractivity contribution in [1.29, 1.82) is 5.26 Å². The topological polar surface area (TPSA) is 48.7 Å². The van der Waals surface area contributed by atoms with E-state index in [1.807, 2.05) is 12.1 Å². The van der Waals surface area contributed by atoms with E-state index in [0.717, 1.165) is 5.69 Å². The molecule has 1 aromatic heterocycles. The highest BCUT2D eigenvalue weighted by atomic mass is 79.9. The summed E-state index contributed by atoms with van der Waals surface area (Å²) in [7, 11) is 1.80. The SMILES string of the molecule is CNc1cnc(C#N)c(Br)c1. The standard InChI is InChI=1S/C7H6BrN3/c1-10-5-2-6(8)7(3-9)11-4-5/h2,4,10H,1H3. The molecule has 56 valence electrons. The average molecular weight is 212 g/mol. The van der Waals surface area contributed by atoms with Gasteiger partial charge in [0.05, 0.1) is 16.4 Å². The van der Waals surface area contributed by atoms with Crippen molar-refractivity contribution in [3.63, 3.8) is 0 Å². The molecule has 1 rings (SSSR count). The van der Waals surface area contributed by atoms with Crippen molar-refractivity contribution in [3.05, 3.63) is 22.4 Å². The van der Waals surface area contributed by atoms with Crippen molar-refractivity contribution < 1.29 is 0 Å². The largest absolute Gasteiger partial charge is 0.387 e. The van der Waals surface area contributed by atoms with Crippen molar-refractivity contribution in [2.45, 2.75) is 0 Å². The van der Waals surface area contributed by atoms with E-state index < -0.39 is 0 Å². The number of hydrogen-bond donors (Lipinski definition) is 1. The van der Waals surface area contributed by atoms with E-state index in [1.54, 1.807) is 13.2 Å². The van der Waals surface area contributed by atoms with Gasteiger partial charge in [-0.25, -0.2) is 4.98 Å². The second kappa shape index (κ2) is 3.35. The van der Waals surface area contributed by atoms with Gasteiger partial charge < -0.3 is 5.32 Å². The fourth-order valence-electron chi connectivity index (χ4n) is 0.657. The van der Waals surface area contributed by atoms with Crippen molar-refractivity contribution in [2.75, 3.05) is 12.4 Å². The Kier molecular flexibility index (Phi) is 2.44. The van der Waals surface area contributed by atoms with Crippen molar-refractivity contribution >= 4 is 21.6 Å². The van der Waals surface area contributed by atoms with E-state index in [4.69, 9.17) is 5.26 Å². The molecule has 3 nitrogen and oxygen atoms in total. The Morgan fingerprint density at radius 1 is 1.73 bits per heavy atom. The monoisotopic (exact) mass is 211 g/mol. The van der Waals surface area contributed by atoms with Crippen LogP contribution >= 0.6 is 15.9 Å². The maximum atomic E-state index is 8.52. The normalized spacial score (nSPS) is 8.82. The first kappa shape index (κ1) is 8.02. The van der Waals surface area contributed by atoms with Gasteiger partial charge in [-0.05, 0) is 22.0 Å². The zero-order chi connectivity index (χ0) is 8.27. The van der Waals surface area contributed by atoms with Crippen LogP contribution in [0.15, 0.2) is 16.7 Å². The Morgan fingerprint density at radius 2 is 2.45 bits per heavy atom. The Hall–Kier alpha value is -1.08. The summed E-state index contributed by atoms with van der Waals surface area (Å²) < 4.78 is 0.715. The summed E-state index contributed by atoms with van der Waals surface area (Å²) in [6.45, 7) is 0. The number of rotatable bonds is 1. The van der Waals surface area contributed by atoms with Crippen LogP contribution in [-0.4, -0.2) is 12.0 Å². The second-order valence-electron chi connectivity index (χ2n) is 1.92. The molecule has 11 heavy (non-hydrogen) atoms. The van der Waals surface area contributed by atoms with Crippen LogP contribution in [-0.2, 0) is 0 Å². The summed E-state index contributed by atoms with van der Waals surface area (Å²) in [5, 5.41) is 11.4. The maximum Gasteiger partial charge on any atom is 0.154 e. The van der Waals surface area contributed by atoms with E-state index in [1.165, 1.54) is 0 Å². The van der Waals surface area contributed by atoms with E-state index >= 15 is 0 Å². The van der Waals surface area contributed by atoms with Gasteiger partial charge in [0.15, 0.2) is 5.69 Å². The number of nitrogens with one attached hydrogen (secondary N) is 1. The molecule has 0 radical (unpaired) electrons. The third kappa shape index (κ3) is 1.69. The van der Waals surface area contributed by atoms with Crippen LogP contribution in [0.4, 0.5) is 5.69 Å². The first-order chi connectivity index (χ1) is 5.27. The molecule has 1 heterocycles. The Bertz CT molecular complexity index is 303. The van der Waals surface area contributed by atoms with Crippen LogP contribution < -0.4 is 5.32 Å². The van der Waals surface area contributed by atoms with Gasteiger partial charge in [0.2, 0.25) is 0 Å². The lowest BCUT2D eigenvalue weighted by molar-refractivity contribution is 1.24. The Balaban J connectivity index is 3.12. The van der Waals surface area contributed by atoms with Crippen LogP contribution in [0, 0.1) is 11.3 Å². The van der Waals surface area contributed by atoms with Gasteiger partial charge >= 0.3 is 0 Å². The minimum Gasteiger partial charge on any atom is -0.387 e. The van der Waals surface area contributed by atoms with Crippen LogP contribution in [0.1, 0.15) is 5.69 Å². The number of hydrogen-bond acceptors (Lipinski definition) is 3. The lowest BCUT2D eigenvalue weighted by atomic mass is 10.3. The number of anilines is 1. The molecule has 0 aromatic carbocycles. The van der Waals surface area contributed by atoms with Crippen molar-refractivity contribution in [3.8, 4) is 6.07 Å². The number of nitrogens with zero attached hydrogens (tertiary/aromatic N) is 2. The molecule has 0 spiro atoms. The van der Waals surface area contributed by atoms with Gasteiger partial charge in [-0.15, -0.1) is 0 Å². The van der Waals surface area contributed by atoms with Gasteiger partial charge in [0, 0.05) is 7.05 Å². The lowest BCUT2D eigenvalue weighted by Crippen LogP contribution is -1.91. The molecule has 0 saturated carbocycles. The van der Waals surface area contributed by atoms with Gasteiger partial charge in [-0.1, -0.05) is 0 Å². The van der Waals surface area contributed by atoms with Crippen molar-refractivity contribution in [2.24, 2.45) is 0 Å². The molecule has 0 bridgehead atoms. The third-order valence-electron chi connectivity index (χ3n) is 1.24. The van der Waals surface area contributed by atoms with Gasteiger partial charge in [-0.2, -0.15) is 5.26 Å². The molecule has 1 aromatic rings. The molecule has 0 amide bonds. The minimum absolute atomic E-state index is 0.406. The van der Waals surface area contributed by atoms with Gasteiger partial charge in [-0.3, -0.25) is 0 Å². The number of nitriles is 1. The van der Waals surface area contributed by atoms with E-state index in [9.17, 15) is 0 Å². The molecule has 0 saturated heterocycles. The summed E-state index contributed by atoms with van der Waals surface area (Å²) in [5.41, 5.74) is 1.29. The molecular formula is C7H6BrN3. The van der Waals surface area contributed by atoms with Crippen LogP contribution in [0.5, 0.6) is 0 Å². The number of aromatic nitrogens is 1. The van der Waals surface area contributed by atoms with Crippen molar-refractivity contribution in [1.82, 2.24) is 4.98 Å². The van der Waals surface area contributed by atoms with Crippen LogP contribution in [0.3, 0.4) is 0 Å². The Morgan fingerprint density at radius 3 is 2.91 bits per heavy atom. The third-order valence-corrected chi connectivity index (χ3v) is 1.84. The molecule has 0 fully saturated rings. The van der Waals surface area contributed by atoms with Crippen LogP contribution in [0.25, 0.3) is 0 Å². The molecule has 0 aliphatic carbocycles. The molecule has 0 aliphatic rings. The molecule has 0 unspecified atom stereocenters. The molecule has 1 N–H and O–H groups in total. The lowest BCUT2D eigenvalue weighted by Gasteiger charge is -1.99. The molecular weight excluding hydrogens is 206 g/mol. The highest BCUT2D eigenvalue weighted by Gasteiger charge is 1.99. The predicted octanol–water partition coefficient (Wildman–Crippen LogP) is 1.76. The highest BCUT2D eigenvalue weighted by Crippen LogP contribution is 2.17. The summed E-state index contributed by atoms with van der Waals surface area (Å²) >= 11 is 3.22. The zero-order valence-electron chi connectivity index (χ0n) is 5.93. The maximum absolute atomic E-state index is 8.52. The molecule has 0 aliphatic heterocycles. The predicted molar refractivity (Wildman–Crippen MR) is 46.2 cm³/mol. The van der Waals surface area contributed by atoms with Gasteiger partial charge in [0.1, 0.15) is 6.07 Å². The summed E-state index contributed by atoms with van der Waals surface area (Å²) in [5.74, 6) is 0. The van der Waals surface area contributed by atoms with E-state index in [-0.39, 0.29) is 0 Å². The minimum atomic E-state index is 0.406. The van der Waals surface area contributed by atoms with Gasteiger partial charge in [0.25, 0.3) is 0 Å². The number of halogens is 1. The fraction of sp³-hybridized carbons (Fsp3) is 0.143. The Labute approximate surface area is 73.2 Å². The first-order valence-electron chi connectivity index (χ1n) is 3.01. The second-order valence-corrected chi connectivity index (χ2v) is 2.77. The quantitative estimate of drug-likeness (QED) is 0.771. The smallest absolute Gasteiger partial charge is 0.154 e. The summed E-state index contributed by atoms with van der Waals surface area (Å²) in [6, 6.07) is 3.77. The first-order valence-corrected chi connectivity index (χ1v) is 3.80. The van der Waals surface area contributed by atoms with E-state index in [2.05, 4.69) is 26.2 Å². The fourth-order valence-corrected chi connectivity index (χ4v) is 1.09. The average Bonchev–Trinajstić information content (AvgIpc) is 2.04. The number of pyridine rings is 1. The zero-order valence-corrected chi connectivity index (χ0v) is 7.51. The molecule has 4 heteroatoms. The van der Waals surface area contributed by atoms with Crippen LogP contribution in [0.2, 0.25) is 0 Å². The summed E-state index contributed by atoms with van der Waals surface area (Å²) in [6.07, 6.45) is 1.61. The highest BCUT2D eigenvalue weighted by molar-refractivity contribution is 9.10.